The zero-order chi connectivity index (χ0) is 19.1. The highest BCUT2D eigenvalue weighted by molar-refractivity contribution is 5.75. The smallest absolute Gasteiger partial charge is 0.342 e. The second-order valence-electron chi connectivity index (χ2n) is 7.44. The van der Waals surface area contributed by atoms with E-state index in [1.165, 1.54) is 12.1 Å². The topological polar surface area (TPSA) is 36.0 Å². The van der Waals surface area contributed by atoms with Gasteiger partial charge in [-0.3, -0.25) is 9.80 Å². The molecule has 0 aromatic heterocycles. The monoisotopic (exact) mass is 377 g/mol. The van der Waals surface area contributed by atoms with E-state index in [0.29, 0.717) is 6.54 Å². The predicted octanol–water partition coefficient (Wildman–Crippen LogP) is 2.56. The third-order valence-electron chi connectivity index (χ3n) is 5.65. The summed E-state index contributed by atoms with van der Waals surface area (Å²) in [5, 5.41) is 0. The van der Waals surface area contributed by atoms with Crippen molar-refractivity contribution in [2.24, 2.45) is 0 Å². The van der Waals surface area contributed by atoms with Gasteiger partial charge in [0, 0.05) is 38.4 Å². The van der Waals surface area contributed by atoms with Crippen LogP contribution < -0.4 is 4.90 Å². The largest absolute Gasteiger partial charge is 0.464 e. The van der Waals surface area contributed by atoms with Crippen LogP contribution in [0.5, 0.6) is 0 Å². The molecule has 0 aliphatic carbocycles. The quantitative estimate of drug-likeness (QED) is 0.683. The number of nitrogens with zero attached hydrogens (tertiary/aromatic N) is 3. The number of rotatable bonds is 7. The maximum Gasteiger partial charge on any atom is 0.342 e. The van der Waals surface area contributed by atoms with Crippen LogP contribution in [0.3, 0.4) is 0 Å². The van der Waals surface area contributed by atoms with Crippen molar-refractivity contribution >= 4 is 11.7 Å². The highest BCUT2D eigenvalue weighted by atomic mass is 19.1. The molecule has 1 aromatic rings. The van der Waals surface area contributed by atoms with E-state index in [9.17, 15) is 9.18 Å². The standard InChI is InChI=1S/C21H32FN3O2/c1-2-27-21(26)20(22)19(25-11-7-4-8-12-25)17-23-13-15-24(16-14-23)18-9-5-3-6-10-18/h3,5-6,9-10,19-20H,2,4,7-8,11-17H2,1H3. The summed E-state index contributed by atoms with van der Waals surface area (Å²) in [4.78, 5) is 18.9. The Kier molecular flexibility index (Phi) is 7.47. The Morgan fingerprint density at radius 2 is 1.70 bits per heavy atom. The van der Waals surface area contributed by atoms with E-state index >= 15 is 0 Å². The van der Waals surface area contributed by atoms with E-state index in [1.54, 1.807) is 6.92 Å². The van der Waals surface area contributed by atoms with E-state index in [2.05, 4.69) is 39.0 Å². The van der Waals surface area contributed by atoms with Gasteiger partial charge in [0.15, 0.2) is 0 Å². The summed E-state index contributed by atoms with van der Waals surface area (Å²) in [5.74, 6) is -0.712. The molecule has 2 aliphatic heterocycles. The first-order valence-electron chi connectivity index (χ1n) is 10.3. The molecular weight excluding hydrogens is 345 g/mol. The average molecular weight is 378 g/mol. The summed E-state index contributed by atoms with van der Waals surface area (Å²) in [7, 11) is 0. The number of hydrogen-bond acceptors (Lipinski definition) is 5. The van der Waals surface area contributed by atoms with Crippen LogP contribution in [0.25, 0.3) is 0 Å². The summed E-state index contributed by atoms with van der Waals surface area (Å²) in [5.41, 5.74) is 1.24. The number of ether oxygens (including phenoxy) is 1. The molecule has 150 valence electrons. The molecule has 5 nitrogen and oxygen atoms in total. The van der Waals surface area contributed by atoms with Gasteiger partial charge in [0.05, 0.1) is 12.6 Å². The van der Waals surface area contributed by atoms with Crippen molar-refractivity contribution in [1.82, 2.24) is 9.80 Å². The van der Waals surface area contributed by atoms with Gasteiger partial charge in [-0.2, -0.15) is 0 Å². The summed E-state index contributed by atoms with van der Waals surface area (Å²) < 4.78 is 19.9. The molecule has 0 N–H and O–H groups in total. The van der Waals surface area contributed by atoms with Crippen molar-refractivity contribution in [1.29, 1.82) is 0 Å². The summed E-state index contributed by atoms with van der Waals surface area (Å²) in [6.45, 7) is 7.89. The van der Waals surface area contributed by atoms with Crippen LogP contribution in [-0.4, -0.2) is 80.4 Å². The van der Waals surface area contributed by atoms with Crippen molar-refractivity contribution in [3.63, 3.8) is 0 Å². The van der Waals surface area contributed by atoms with Gasteiger partial charge < -0.3 is 9.64 Å². The molecule has 2 heterocycles. The van der Waals surface area contributed by atoms with Crippen molar-refractivity contribution in [3.8, 4) is 0 Å². The number of anilines is 1. The summed E-state index contributed by atoms with van der Waals surface area (Å²) >= 11 is 0. The van der Waals surface area contributed by atoms with Crippen LogP contribution in [0.4, 0.5) is 10.1 Å². The van der Waals surface area contributed by atoms with Crippen molar-refractivity contribution in [3.05, 3.63) is 30.3 Å². The average Bonchev–Trinajstić information content (AvgIpc) is 2.73. The van der Waals surface area contributed by atoms with E-state index in [4.69, 9.17) is 4.74 Å². The number of hydrogen-bond donors (Lipinski definition) is 0. The first-order chi connectivity index (χ1) is 13.2. The van der Waals surface area contributed by atoms with E-state index < -0.39 is 18.2 Å². The number of alkyl halides is 1. The minimum Gasteiger partial charge on any atom is -0.464 e. The number of piperidine rings is 1. The lowest BCUT2D eigenvalue weighted by molar-refractivity contribution is -0.152. The van der Waals surface area contributed by atoms with Crippen LogP contribution in [0.2, 0.25) is 0 Å². The summed E-state index contributed by atoms with van der Waals surface area (Å²) in [6, 6.07) is 9.99. The van der Waals surface area contributed by atoms with Crippen LogP contribution in [0.15, 0.2) is 30.3 Å². The Bertz CT molecular complexity index is 572. The third kappa shape index (κ3) is 5.42. The van der Waals surface area contributed by atoms with Gasteiger partial charge in [0.2, 0.25) is 6.17 Å². The molecule has 2 saturated heterocycles. The molecule has 27 heavy (non-hydrogen) atoms. The van der Waals surface area contributed by atoms with Crippen LogP contribution in [-0.2, 0) is 9.53 Å². The first-order valence-corrected chi connectivity index (χ1v) is 10.3. The minimum atomic E-state index is -1.57. The molecule has 1 aromatic carbocycles. The number of benzene rings is 1. The molecule has 2 fully saturated rings. The molecule has 0 bridgehead atoms. The van der Waals surface area contributed by atoms with Gasteiger partial charge in [-0.1, -0.05) is 24.6 Å². The molecule has 2 atom stereocenters. The predicted molar refractivity (Wildman–Crippen MR) is 106 cm³/mol. The Labute approximate surface area is 162 Å². The fourth-order valence-electron chi connectivity index (χ4n) is 4.11. The fourth-order valence-corrected chi connectivity index (χ4v) is 4.11. The molecule has 0 amide bonds. The first kappa shape index (κ1) is 20.1. The van der Waals surface area contributed by atoms with Gasteiger partial charge in [0.1, 0.15) is 0 Å². The number of esters is 1. The lowest BCUT2D eigenvalue weighted by Gasteiger charge is -2.41. The second-order valence-corrected chi connectivity index (χ2v) is 7.44. The maximum atomic E-state index is 15.0. The molecule has 0 radical (unpaired) electrons. The van der Waals surface area contributed by atoms with E-state index in [0.717, 1.165) is 52.1 Å². The lowest BCUT2D eigenvalue weighted by atomic mass is 10.0. The number of halogens is 1. The number of carbonyl (C=O) groups is 1. The van der Waals surface area contributed by atoms with E-state index in [1.807, 2.05) is 6.07 Å². The normalized spacial score (nSPS) is 21.6. The molecule has 6 heteroatoms. The van der Waals surface area contributed by atoms with Crippen molar-refractivity contribution < 1.29 is 13.9 Å². The highest BCUT2D eigenvalue weighted by Crippen LogP contribution is 2.20. The molecule has 2 aliphatic rings. The van der Waals surface area contributed by atoms with Crippen LogP contribution in [0.1, 0.15) is 26.2 Å². The van der Waals surface area contributed by atoms with Crippen molar-refractivity contribution in [2.45, 2.75) is 38.4 Å². The molecular formula is C21H32FN3O2. The van der Waals surface area contributed by atoms with Gasteiger partial charge in [-0.05, 0) is 45.0 Å². The number of piperazine rings is 1. The number of carbonyl (C=O) groups excluding carboxylic acids is 1. The van der Waals surface area contributed by atoms with Gasteiger partial charge >= 0.3 is 5.97 Å². The fraction of sp³-hybridized carbons (Fsp3) is 0.667. The van der Waals surface area contributed by atoms with Gasteiger partial charge in [-0.15, -0.1) is 0 Å². The minimum absolute atomic E-state index is 0.224. The Balaban J connectivity index is 1.59. The Morgan fingerprint density at radius 3 is 2.33 bits per heavy atom. The Morgan fingerprint density at radius 1 is 1.04 bits per heavy atom. The maximum absolute atomic E-state index is 15.0. The van der Waals surface area contributed by atoms with Crippen LogP contribution in [0, 0.1) is 0 Å². The molecule has 0 saturated carbocycles. The lowest BCUT2D eigenvalue weighted by Crippen LogP contribution is -2.56. The highest BCUT2D eigenvalue weighted by Gasteiger charge is 2.36. The van der Waals surface area contributed by atoms with E-state index in [-0.39, 0.29) is 6.61 Å². The number of para-hydroxylation sites is 1. The summed E-state index contributed by atoms with van der Waals surface area (Å²) in [6.07, 6.45) is 1.77. The zero-order valence-corrected chi connectivity index (χ0v) is 16.4. The zero-order valence-electron chi connectivity index (χ0n) is 16.4. The van der Waals surface area contributed by atoms with Gasteiger partial charge in [0.25, 0.3) is 0 Å². The number of likely N-dealkylation sites (tertiary alicyclic amines) is 1. The SMILES string of the molecule is CCOC(=O)C(F)C(CN1CCN(c2ccccc2)CC1)N1CCCCC1. The van der Waals surface area contributed by atoms with Crippen LogP contribution >= 0.6 is 0 Å². The van der Waals surface area contributed by atoms with Crippen molar-refractivity contribution in [2.75, 3.05) is 57.3 Å². The second kappa shape index (κ2) is 10.0. The molecule has 0 spiro atoms. The molecule has 2 unspecified atom stereocenters. The molecule has 3 rings (SSSR count). The third-order valence-corrected chi connectivity index (χ3v) is 5.65. The van der Waals surface area contributed by atoms with Gasteiger partial charge in [-0.25, -0.2) is 9.18 Å². The Hall–Kier alpha value is -1.66.